The first-order valence-corrected chi connectivity index (χ1v) is 8.41. The number of aromatic nitrogens is 5. The molecule has 0 saturated carbocycles. The Hall–Kier alpha value is -2.55. The minimum Gasteiger partial charge on any atom is -0.461 e. The van der Waals surface area contributed by atoms with Crippen molar-refractivity contribution < 1.29 is 9.21 Å². The highest BCUT2D eigenvalue weighted by Gasteiger charge is 2.35. The Morgan fingerprint density at radius 3 is 2.92 bits per heavy atom. The number of carbonyl (C=O) groups excluding carboxylic acids is 1. The van der Waals surface area contributed by atoms with Gasteiger partial charge in [-0.05, 0) is 18.6 Å². The second-order valence-corrected chi connectivity index (χ2v) is 6.77. The Morgan fingerprint density at radius 2 is 2.21 bits per heavy atom. The highest BCUT2D eigenvalue weighted by atomic mass is 32.2. The van der Waals surface area contributed by atoms with Crippen LogP contribution in [0.5, 0.6) is 0 Å². The Labute approximate surface area is 142 Å². The van der Waals surface area contributed by atoms with Crippen molar-refractivity contribution in [3.63, 3.8) is 0 Å². The number of thioether (sulfide) groups is 1. The van der Waals surface area contributed by atoms with Crippen molar-refractivity contribution in [3.05, 3.63) is 30.8 Å². The molecule has 4 heterocycles. The van der Waals surface area contributed by atoms with E-state index in [1.165, 1.54) is 11.8 Å². The molecule has 0 aliphatic carbocycles. The lowest BCUT2D eigenvalue weighted by molar-refractivity contribution is -0.116. The number of aryl methyl sites for hydroxylation is 1. The van der Waals surface area contributed by atoms with Gasteiger partial charge in [-0.25, -0.2) is 0 Å². The van der Waals surface area contributed by atoms with Gasteiger partial charge in [0.25, 0.3) is 0 Å². The average molecular weight is 344 g/mol. The summed E-state index contributed by atoms with van der Waals surface area (Å²) in [6, 6.07) is 3.65. The highest BCUT2D eigenvalue weighted by molar-refractivity contribution is 8.00. The quantitative estimate of drug-likeness (QED) is 0.716. The number of hydrogen-bond acceptors (Lipinski definition) is 6. The molecule has 1 atom stereocenters. The minimum atomic E-state index is -0.169. The van der Waals surface area contributed by atoms with E-state index in [1.807, 2.05) is 37.0 Å². The van der Waals surface area contributed by atoms with Crippen LogP contribution in [0.4, 0.5) is 5.69 Å². The van der Waals surface area contributed by atoms with Crippen molar-refractivity contribution in [2.75, 3.05) is 11.4 Å². The molecule has 1 aliphatic rings. The summed E-state index contributed by atoms with van der Waals surface area (Å²) in [7, 11) is 3.71. The van der Waals surface area contributed by atoms with Crippen molar-refractivity contribution in [2.24, 2.45) is 14.1 Å². The average Bonchev–Trinajstić information content (AvgIpc) is 3.32. The molecule has 0 unspecified atom stereocenters. The van der Waals surface area contributed by atoms with Crippen molar-refractivity contribution in [1.29, 1.82) is 0 Å². The third-order valence-electron chi connectivity index (χ3n) is 3.98. The molecule has 3 aromatic rings. The van der Waals surface area contributed by atoms with Crippen LogP contribution in [0.1, 0.15) is 6.42 Å². The van der Waals surface area contributed by atoms with Gasteiger partial charge >= 0.3 is 0 Å². The van der Waals surface area contributed by atoms with Crippen LogP contribution < -0.4 is 4.90 Å². The minimum absolute atomic E-state index is 0.0792. The van der Waals surface area contributed by atoms with Crippen LogP contribution in [0.3, 0.4) is 0 Å². The molecule has 0 bridgehead atoms. The first kappa shape index (κ1) is 15.0. The van der Waals surface area contributed by atoms with E-state index in [4.69, 9.17) is 4.42 Å². The Morgan fingerprint density at radius 1 is 1.33 bits per heavy atom. The molecule has 0 radical (unpaired) electrons. The smallest absolute Gasteiger partial charge is 0.240 e. The second kappa shape index (κ2) is 5.82. The molecule has 0 aromatic carbocycles. The molecule has 3 aromatic heterocycles. The highest BCUT2D eigenvalue weighted by Crippen LogP contribution is 2.33. The largest absolute Gasteiger partial charge is 0.461 e. The van der Waals surface area contributed by atoms with Gasteiger partial charge in [-0.1, -0.05) is 11.8 Å². The summed E-state index contributed by atoms with van der Waals surface area (Å²) >= 11 is 1.44. The van der Waals surface area contributed by atoms with Crippen LogP contribution in [0, 0.1) is 0 Å². The normalized spacial score (nSPS) is 17.8. The lowest BCUT2D eigenvalue weighted by Crippen LogP contribution is -2.27. The molecule has 0 spiro atoms. The fourth-order valence-corrected chi connectivity index (χ4v) is 3.77. The van der Waals surface area contributed by atoms with Gasteiger partial charge in [-0.2, -0.15) is 5.10 Å². The lowest BCUT2D eigenvalue weighted by atomic mass is 10.4. The maximum Gasteiger partial charge on any atom is 0.240 e. The summed E-state index contributed by atoms with van der Waals surface area (Å²) in [4.78, 5) is 14.4. The number of anilines is 1. The molecular formula is C15H16N6O2S. The number of carbonyl (C=O) groups is 1. The van der Waals surface area contributed by atoms with Crippen LogP contribution in [-0.4, -0.2) is 42.2 Å². The number of hydrogen-bond donors (Lipinski definition) is 0. The van der Waals surface area contributed by atoms with Gasteiger partial charge in [-0.15, -0.1) is 10.2 Å². The van der Waals surface area contributed by atoms with Crippen molar-refractivity contribution in [2.45, 2.75) is 16.8 Å². The van der Waals surface area contributed by atoms with E-state index in [9.17, 15) is 4.79 Å². The molecule has 1 amide bonds. The fourth-order valence-electron chi connectivity index (χ4n) is 2.73. The van der Waals surface area contributed by atoms with Crippen LogP contribution in [0.25, 0.3) is 11.6 Å². The molecule has 1 saturated heterocycles. The van der Waals surface area contributed by atoms with Gasteiger partial charge in [0.1, 0.15) is 0 Å². The maximum atomic E-state index is 12.7. The molecule has 124 valence electrons. The molecule has 0 N–H and O–H groups in total. The Kier molecular flexibility index (Phi) is 3.64. The SMILES string of the molecule is Cn1cc(N2CC[C@@H](Sc3nnc(-c4ccco4)n3C)C2=O)cn1. The van der Waals surface area contributed by atoms with E-state index in [2.05, 4.69) is 15.3 Å². The van der Waals surface area contributed by atoms with Crippen molar-refractivity contribution in [1.82, 2.24) is 24.5 Å². The topological polar surface area (TPSA) is 82.0 Å². The lowest BCUT2D eigenvalue weighted by Gasteiger charge is -2.13. The van der Waals surface area contributed by atoms with Gasteiger partial charge in [0.15, 0.2) is 16.7 Å². The standard InChI is InChI=1S/C15H16N6O2S/c1-19-9-10(8-16-19)21-6-5-12(14(21)22)24-15-18-17-13(20(15)2)11-4-3-7-23-11/h3-4,7-9,12H,5-6H2,1-2H3/t12-/m1/s1. The van der Waals surface area contributed by atoms with Gasteiger partial charge in [0, 0.05) is 26.8 Å². The van der Waals surface area contributed by atoms with Gasteiger partial charge in [-0.3, -0.25) is 9.48 Å². The summed E-state index contributed by atoms with van der Waals surface area (Å²) in [5, 5.41) is 13.0. The van der Waals surface area contributed by atoms with Gasteiger partial charge < -0.3 is 13.9 Å². The van der Waals surface area contributed by atoms with Gasteiger partial charge in [0.2, 0.25) is 5.91 Å². The van der Waals surface area contributed by atoms with E-state index >= 15 is 0 Å². The molecule has 8 nitrogen and oxygen atoms in total. The number of rotatable bonds is 4. The predicted octanol–water partition coefficient (Wildman–Crippen LogP) is 1.71. The van der Waals surface area contributed by atoms with Crippen LogP contribution in [0.15, 0.2) is 40.4 Å². The maximum absolute atomic E-state index is 12.7. The zero-order valence-electron chi connectivity index (χ0n) is 13.3. The van der Waals surface area contributed by atoms with E-state index in [0.717, 1.165) is 12.1 Å². The Bertz CT molecular complexity index is 869. The third-order valence-corrected chi connectivity index (χ3v) is 5.27. The molecule has 4 rings (SSSR count). The summed E-state index contributed by atoms with van der Waals surface area (Å²) in [5.74, 6) is 1.39. The molecule has 9 heteroatoms. The number of furan rings is 1. The van der Waals surface area contributed by atoms with Crippen molar-refractivity contribution in [3.8, 4) is 11.6 Å². The zero-order chi connectivity index (χ0) is 16.7. The van der Waals surface area contributed by atoms with Gasteiger partial charge in [0.05, 0.1) is 23.4 Å². The molecule has 1 aliphatic heterocycles. The van der Waals surface area contributed by atoms with E-state index in [1.54, 1.807) is 22.0 Å². The van der Waals surface area contributed by atoms with E-state index in [-0.39, 0.29) is 11.2 Å². The summed E-state index contributed by atoms with van der Waals surface area (Å²) < 4.78 is 8.91. The first-order chi connectivity index (χ1) is 11.6. The number of amides is 1. The second-order valence-electron chi connectivity index (χ2n) is 5.60. The third kappa shape index (κ3) is 2.50. The molecule has 1 fully saturated rings. The zero-order valence-corrected chi connectivity index (χ0v) is 14.1. The van der Waals surface area contributed by atoms with E-state index < -0.39 is 0 Å². The summed E-state index contributed by atoms with van der Waals surface area (Å²) in [6.07, 6.45) is 5.93. The van der Waals surface area contributed by atoms with Crippen LogP contribution >= 0.6 is 11.8 Å². The summed E-state index contributed by atoms with van der Waals surface area (Å²) in [6.45, 7) is 0.686. The predicted molar refractivity (Wildman–Crippen MR) is 88.5 cm³/mol. The Balaban J connectivity index is 1.51. The monoisotopic (exact) mass is 344 g/mol. The molecular weight excluding hydrogens is 328 g/mol. The van der Waals surface area contributed by atoms with E-state index in [0.29, 0.717) is 23.3 Å². The van der Waals surface area contributed by atoms with Crippen LogP contribution in [0.2, 0.25) is 0 Å². The van der Waals surface area contributed by atoms with Crippen molar-refractivity contribution >= 4 is 23.4 Å². The summed E-state index contributed by atoms with van der Waals surface area (Å²) in [5.41, 5.74) is 0.833. The first-order valence-electron chi connectivity index (χ1n) is 7.53. The number of nitrogens with zero attached hydrogens (tertiary/aromatic N) is 6. The molecule has 24 heavy (non-hydrogen) atoms. The van der Waals surface area contributed by atoms with Crippen LogP contribution in [-0.2, 0) is 18.9 Å². The fraction of sp³-hybridized carbons (Fsp3) is 0.333.